The van der Waals surface area contributed by atoms with Crippen LogP contribution in [0.3, 0.4) is 0 Å². The Hall–Kier alpha value is -11.4. The van der Waals surface area contributed by atoms with Crippen LogP contribution in [-0.2, 0) is 23.7 Å². The molecule has 19 rings (SSSR count). The van der Waals surface area contributed by atoms with Crippen LogP contribution in [0.5, 0.6) is 0 Å². The van der Waals surface area contributed by atoms with Gasteiger partial charge < -0.3 is 13.7 Å². The van der Waals surface area contributed by atoms with Gasteiger partial charge in [-0.05, 0) is 141 Å². The number of rotatable bonds is 9. The minimum atomic E-state index is -0.150. The van der Waals surface area contributed by atoms with E-state index < -0.39 is 0 Å². The van der Waals surface area contributed by atoms with E-state index in [1.165, 1.54) is 132 Å². The summed E-state index contributed by atoms with van der Waals surface area (Å²) < 4.78 is 7.51. The van der Waals surface area contributed by atoms with Gasteiger partial charge in [0.1, 0.15) is 0 Å². The smallest absolute Gasteiger partial charge is 0.160 e. The Morgan fingerprint density at radius 1 is 0.295 bits per heavy atom. The monoisotopic (exact) mass is 1220 g/mol. The van der Waals surface area contributed by atoms with Gasteiger partial charge in [-0.15, -0.1) is 0 Å². The lowest BCUT2D eigenvalue weighted by Crippen LogP contribution is -2.14. The molecule has 5 heteroatoms. The van der Waals surface area contributed by atoms with Crippen molar-refractivity contribution in [3.05, 3.63) is 306 Å². The molecule has 4 heterocycles. The van der Waals surface area contributed by atoms with Crippen LogP contribution in [0.25, 0.3) is 161 Å². The molecular weight excluding hydrogens is 1150 g/mol. The topological polar surface area (TPSA) is 40.6 Å². The Bertz CT molecular complexity index is 6120. The van der Waals surface area contributed by atoms with Crippen LogP contribution < -0.4 is 0 Å². The second-order valence-corrected chi connectivity index (χ2v) is 27.3. The normalized spacial score (nSPS) is 13.6. The minimum absolute atomic E-state index is 0.141. The van der Waals surface area contributed by atoms with Crippen LogP contribution in [0.2, 0.25) is 0 Å². The lowest BCUT2D eigenvalue weighted by atomic mass is 9.82. The van der Waals surface area contributed by atoms with Crippen LogP contribution >= 0.6 is 0 Å². The number of hydrogen-bond donors (Lipinski definition) is 0. The van der Waals surface area contributed by atoms with Crippen molar-refractivity contribution >= 4 is 76.3 Å². The van der Waals surface area contributed by atoms with Crippen molar-refractivity contribution in [3.8, 4) is 84.2 Å². The van der Waals surface area contributed by atoms with Gasteiger partial charge >= 0.3 is 0 Å². The van der Waals surface area contributed by atoms with Crippen molar-refractivity contribution in [3.63, 3.8) is 0 Å². The van der Waals surface area contributed by atoms with Crippen molar-refractivity contribution < 1.29 is 0 Å². The first kappa shape index (κ1) is 55.3. The fourth-order valence-electron chi connectivity index (χ4n) is 17.1. The van der Waals surface area contributed by atoms with Gasteiger partial charge in [-0.2, -0.15) is 0 Å². The average molecular weight is 1220 g/mol. The lowest BCUT2D eigenvalue weighted by molar-refractivity contribution is 0.660. The maximum Gasteiger partial charge on any atom is 0.160 e. The molecule has 0 saturated heterocycles. The first-order valence-electron chi connectivity index (χ1n) is 33.7. The van der Waals surface area contributed by atoms with Gasteiger partial charge in [0.15, 0.2) is 5.82 Å². The van der Waals surface area contributed by atoms with Crippen LogP contribution in [0, 0.1) is 0 Å². The van der Waals surface area contributed by atoms with Crippen molar-refractivity contribution in [1.29, 1.82) is 0 Å². The molecule has 452 valence electrons. The first-order chi connectivity index (χ1) is 46.6. The first-order valence-corrected chi connectivity index (χ1v) is 33.7. The summed E-state index contributed by atoms with van der Waals surface area (Å²) in [7, 11) is 0. The van der Waals surface area contributed by atoms with Crippen LogP contribution in [0.4, 0.5) is 0 Å². The Morgan fingerprint density at radius 3 is 1.32 bits per heavy atom. The van der Waals surface area contributed by atoms with Gasteiger partial charge in [0, 0.05) is 93.4 Å². The molecule has 4 aromatic heterocycles. The second-order valence-electron chi connectivity index (χ2n) is 27.3. The van der Waals surface area contributed by atoms with Gasteiger partial charge in [-0.25, -0.2) is 9.97 Å². The van der Waals surface area contributed by atoms with Crippen LogP contribution in [0.1, 0.15) is 74.9 Å². The maximum atomic E-state index is 5.77. The van der Waals surface area contributed by atoms with Gasteiger partial charge in [-0.1, -0.05) is 248 Å². The number of nitrogens with zero attached hydrogens (tertiary/aromatic N) is 5. The highest BCUT2D eigenvalue weighted by Crippen LogP contribution is 2.55. The van der Waals surface area contributed by atoms with E-state index in [-0.39, 0.29) is 10.8 Å². The molecule has 0 N–H and O–H groups in total. The molecule has 0 amide bonds. The van der Waals surface area contributed by atoms with E-state index in [0.717, 1.165) is 68.8 Å². The predicted octanol–water partition coefficient (Wildman–Crippen LogP) is 23.3. The molecule has 2 aliphatic carbocycles. The number of benzene rings is 13. The summed E-state index contributed by atoms with van der Waals surface area (Å²) in [6, 6.07) is 102. The summed E-state index contributed by atoms with van der Waals surface area (Å²) in [6.07, 6.45) is 1.88. The van der Waals surface area contributed by atoms with E-state index in [9.17, 15) is 0 Å². The highest BCUT2D eigenvalue weighted by Gasteiger charge is 2.39. The Kier molecular flexibility index (Phi) is 12.0. The molecule has 95 heavy (non-hydrogen) atoms. The molecule has 0 atom stereocenters. The molecule has 0 radical (unpaired) electrons. The molecular formula is C90H67N5. The van der Waals surface area contributed by atoms with Gasteiger partial charge in [0.2, 0.25) is 0 Å². The fraction of sp³-hybridized carbons (Fsp3) is 0.111. The van der Waals surface area contributed by atoms with Crippen molar-refractivity contribution in [1.82, 2.24) is 23.7 Å². The van der Waals surface area contributed by atoms with E-state index in [0.29, 0.717) is 5.82 Å². The summed E-state index contributed by atoms with van der Waals surface area (Å²) >= 11 is 0. The van der Waals surface area contributed by atoms with E-state index in [2.05, 4.69) is 328 Å². The molecule has 0 spiro atoms. The zero-order valence-electron chi connectivity index (χ0n) is 54.1. The number of aromatic nitrogens is 5. The predicted molar refractivity (Wildman–Crippen MR) is 398 cm³/mol. The van der Waals surface area contributed by atoms with E-state index >= 15 is 0 Å². The van der Waals surface area contributed by atoms with Crippen LogP contribution in [0.15, 0.2) is 273 Å². The molecule has 2 aliphatic rings. The quantitative estimate of drug-likeness (QED) is 0.144. The third kappa shape index (κ3) is 7.90. The highest BCUT2D eigenvalue weighted by molar-refractivity contribution is 6.18. The number of fused-ring (bicyclic) bond motifs is 18. The molecule has 5 nitrogen and oxygen atoms in total. The zero-order valence-corrected chi connectivity index (χ0v) is 54.1. The largest absolute Gasteiger partial charge is 0.309 e. The Balaban J connectivity index is 0.809. The van der Waals surface area contributed by atoms with Crippen molar-refractivity contribution in [2.24, 2.45) is 0 Å². The number of hydrogen-bond acceptors (Lipinski definition) is 2. The standard InChI is InChI=1S/C90H67N5/c1-7-54-23-9-10-28-63(54)81-55(8-2)41-45-67-64-29-14-19-37-79(64)94(85(67)81)61-26-21-24-57(51-61)58-42-50-77-72(53-58)84(56-39-43-60(44-40-56)93-78-36-18-13-30-65(78)68-46-48-75-82(86(68)93)70-32-11-16-34-73(70)89(75,3)4)92-88(91-77)59-25-22-27-62(52-59)95-80-38-20-15-31-66(80)69-47-49-76-83(87(69)95)71-33-12-17-35-74(71)90(76,5)6/h9-53H,7-8H2,1-6H3. The van der Waals surface area contributed by atoms with E-state index in [1.807, 2.05) is 0 Å². The zero-order chi connectivity index (χ0) is 63.6. The molecule has 0 aliphatic heterocycles. The third-order valence-corrected chi connectivity index (χ3v) is 21.6. The average Bonchev–Trinajstić information content (AvgIpc) is 1.56. The van der Waals surface area contributed by atoms with Gasteiger partial charge in [0.25, 0.3) is 0 Å². The molecule has 0 unspecified atom stereocenters. The highest BCUT2D eigenvalue weighted by atomic mass is 15.0. The third-order valence-electron chi connectivity index (χ3n) is 21.6. The van der Waals surface area contributed by atoms with E-state index in [4.69, 9.17) is 9.97 Å². The molecule has 0 fully saturated rings. The van der Waals surface area contributed by atoms with Crippen LogP contribution in [-0.4, -0.2) is 23.7 Å². The van der Waals surface area contributed by atoms with Crippen molar-refractivity contribution in [2.75, 3.05) is 0 Å². The lowest BCUT2D eigenvalue weighted by Gasteiger charge is -2.21. The molecule has 0 bridgehead atoms. The molecule has 0 saturated carbocycles. The summed E-state index contributed by atoms with van der Waals surface area (Å²) in [5, 5.41) is 8.46. The fourth-order valence-corrected chi connectivity index (χ4v) is 17.1. The van der Waals surface area contributed by atoms with Crippen molar-refractivity contribution in [2.45, 2.75) is 65.2 Å². The number of aryl methyl sites for hydroxylation is 2. The Morgan fingerprint density at radius 2 is 0.747 bits per heavy atom. The maximum absolute atomic E-state index is 5.77. The summed E-state index contributed by atoms with van der Waals surface area (Å²) in [5.41, 5.74) is 32.1. The second kappa shape index (κ2) is 20.5. The van der Waals surface area contributed by atoms with Gasteiger partial charge in [-0.3, -0.25) is 0 Å². The molecule has 13 aromatic carbocycles. The van der Waals surface area contributed by atoms with E-state index in [1.54, 1.807) is 0 Å². The number of para-hydroxylation sites is 3. The summed E-state index contributed by atoms with van der Waals surface area (Å²) in [4.78, 5) is 11.4. The summed E-state index contributed by atoms with van der Waals surface area (Å²) in [5.74, 6) is 0.670. The SMILES string of the molecule is CCc1ccccc1-c1c(CC)ccc2c3ccccc3n(-c3cccc(-c4ccc5nc(-c6cccc(-n7c8ccccc8c8ccc9c(c87)-c7ccccc7C9(C)C)c6)nc(-c6ccc(-n7c8ccccc8c8ccc9c(c87)-c7ccccc7C9(C)C)cc6)c5c4)c3)c12. The minimum Gasteiger partial charge on any atom is -0.309 e. The Labute approximate surface area is 552 Å². The van der Waals surface area contributed by atoms with Gasteiger partial charge in [0.05, 0.1) is 44.3 Å². The summed E-state index contributed by atoms with van der Waals surface area (Å²) in [6.45, 7) is 14.0. The molecule has 17 aromatic rings.